The van der Waals surface area contributed by atoms with Crippen LogP contribution in [-0.2, 0) is 4.79 Å². The minimum absolute atomic E-state index is 0.0305. The number of halogens is 3. The molecular formula is C19H15F3N2O8. The van der Waals surface area contributed by atoms with Gasteiger partial charge in [0.1, 0.15) is 0 Å². The number of fused-ring (bicyclic) bond motifs is 1. The molecule has 0 saturated heterocycles. The van der Waals surface area contributed by atoms with Crippen LogP contribution in [0.1, 0.15) is 0 Å². The number of hydrogen-bond donors (Lipinski definition) is 3. The first-order chi connectivity index (χ1) is 14.9. The molecule has 13 heteroatoms. The molecule has 32 heavy (non-hydrogen) atoms. The third-order valence-electron chi connectivity index (χ3n) is 4.09. The monoisotopic (exact) mass is 456 g/mol. The van der Waals surface area contributed by atoms with Crippen LogP contribution < -0.4 is 14.9 Å². The fraction of sp³-hybridized carbons (Fsp3) is 0.158. The van der Waals surface area contributed by atoms with Gasteiger partial charge in [0, 0.05) is 12.1 Å². The lowest BCUT2D eigenvalue weighted by Gasteiger charge is -2.11. The SMILES string of the molecule is COc1cc2[nH]c(-c3ccccc3[N+](=O)[O-])c(O)c(=O)c2cc1OC.O=C(O)C(F)(F)F. The Kier molecular flexibility index (Phi) is 6.93. The number of methoxy groups -OCH3 is 2. The fourth-order valence-corrected chi connectivity index (χ4v) is 2.64. The zero-order chi connectivity index (χ0) is 24.2. The molecule has 0 aliphatic rings. The number of carbonyl (C=O) groups is 1. The molecule has 2 aromatic carbocycles. The molecule has 0 aliphatic carbocycles. The molecule has 3 aromatic rings. The summed E-state index contributed by atoms with van der Waals surface area (Å²) in [6, 6.07) is 8.81. The molecule has 170 valence electrons. The summed E-state index contributed by atoms with van der Waals surface area (Å²) in [5.41, 5.74) is -0.458. The molecule has 0 atom stereocenters. The van der Waals surface area contributed by atoms with Gasteiger partial charge in [-0.3, -0.25) is 14.9 Å². The van der Waals surface area contributed by atoms with Crippen molar-refractivity contribution in [2.24, 2.45) is 0 Å². The fourth-order valence-electron chi connectivity index (χ4n) is 2.64. The van der Waals surface area contributed by atoms with Crippen LogP contribution in [0.15, 0.2) is 41.2 Å². The largest absolute Gasteiger partial charge is 0.503 e. The molecule has 0 spiro atoms. The highest BCUT2D eigenvalue weighted by molar-refractivity contribution is 5.88. The number of aliphatic carboxylic acids is 1. The minimum Gasteiger partial charge on any atom is -0.503 e. The molecule has 0 aliphatic heterocycles. The van der Waals surface area contributed by atoms with Crippen LogP contribution in [-0.4, -0.2) is 46.5 Å². The summed E-state index contributed by atoms with van der Waals surface area (Å²) in [5, 5.41) is 28.8. The molecule has 0 radical (unpaired) electrons. The second-order valence-electron chi connectivity index (χ2n) is 6.01. The average molecular weight is 456 g/mol. The van der Waals surface area contributed by atoms with Crippen LogP contribution in [0, 0.1) is 10.1 Å². The number of aromatic nitrogens is 1. The van der Waals surface area contributed by atoms with Crippen molar-refractivity contribution < 1.29 is 42.6 Å². The molecule has 0 fully saturated rings. The molecular weight excluding hydrogens is 441 g/mol. The number of pyridine rings is 1. The van der Waals surface area contributed by atoms with Gasteiger partial charge in [0.2, 0.25) is 5.43 Å². The molecule has 0 bridgehead atoms. The average Bonchev–Trinajstić information content (AvgIpc) is 2.75. The summed E-state index contributed by atoms with van der Waals surface area (Å²) in [7, 11) is 2.88. The standard InChI is InChI=1S/C17H14N2O6.C2HF3O2/c1-24-13-7-10-11(8-14(13)25-2)18-15(17(21)16(10)20)9-5-3-4-6-12(9)19(22)23;3-2(4,5)1(6)7/h3-8,21H,1-2H3,(H,18,20);(H,6,7). The number of benzene rings is 2. The van der Waals surface area contributed by atoms with Gasteiger partial charge in [0.05, 0.1) is 41.3 Å². The number of aromatic amines is 1. The normalized spacial score (nSPS) is 10.8. The quantitative estimate of drug-likeness (QED) is 0.399. The van der Waals surface area contributed by atoms with E-state index in [1.165, 1.54) is 44.6 Å². The number of aromatic hydroxyl groups is 1. The van der Waals surface area contributed by atoms with Crippen molar-refractivity contribution in [3.05, 3.63) is 56.7 Å². The number of H-pyrrole nitrogens is 1. The number of nitrogens with zero attached hydrogens (tertiary/aromatic N) is 1. The second-order valence-corrected chi connectivity index (χ2v) is 6.01. The van der Waals surface area contributed by atoms with Crippen molar-refractivity contribution in [1.82, 2.24) is 4.98 Å². The predicted octanol–water partition coefficient (Wildman–Crippen LogP) is 3.46. The maximum absolute atomic E-state index is 12.5. The van der Waals surface area contributed by atoms with E-state index in [2.05, 4.69) is 4.98 Å². The van der Waals surface area contributed by atoms with Gasteiger partial charge in [-0.05, 0) is 12.1 Å². The summed E-state index contributed by atoms with van der Waals surface area (Å²) < 4.78 is 42.1. The molecule has 0 unspecified atom stereocenters. The van der Waals surface area contributed by atoms with E-state index in [9.17, 15) is 33.2 Å². The lowest BCUT2D eigenvalue weighted by molar-refractivity contribution is -0.384. The van der Waals surface area contributed by atoms with Gasteiger partial charge >= 0.3 is 12.1 Å². The van der Waals surface area contributed by atoms with Gasteiger partial charge < -0.3 is 24.7 Å². The zero-order valence-corrected chi connectivity index (χ0v) is 16.4. The number of carboxylic acids is 1. The van der Waals surface area contributed by atoms with E-state index >= 15 is 0 Å². The summed E-state index contributed by atoms with van der Waals surface area (Å²) in [5.74, 6) is -2.65. The van der Waals surface area contributed by atoms with E-state index in [1.807, 2.05) is 0 Å². The molecule has 3 rings (SSSR count). The van der Waals surface area contributed by atoms with Crippen molar-refractivity contribution >= 4 is 22.6 Å². The van der Waals surface area contributed by atoms with Crippen molar-refractivity contribution in [3.63, 3.8) is 0 Å². The Bertz CT molecular complexity index is 1240. The first kappa shape index (κ1) is 24.0. The van der Waals surface area contributed by atoms with E-state index < -0.39 is 28.2 Å². The lowest BCUT2D eigenvalue weighted by Crippen LogP contribution is -2.21. The number of para-hydroxylation sites is 1. The summed E-state index contributed by atoms with van der Waals surface area (Å²) in [6.45, 7) is 0. The van der Waals surface area contributed by atoms with Crippen LogP contribution in [0.4, 0.5) is 18.9 Å². The van der Waals surface area contributed by atoms with Gasteiger partial charge in [-0.15, -0.1) is 0 Å². The number of hydrogen-bond acceptors (Lipinski definition) is 7. The third-order valence-corrected chi connectivity index (χ3v) is 4.09. The predicted molar refractivity (Wildman–Crippen MR) is 105 cm³/mol. The lowest BCUT2D eigenvalue weighted by atomic mass is 10.1. The van der Waals surface area contributed by atoms with E-state index in [-0.39, 0.29) is 22.3 Å². The number of alkyl halides is 3. The van der Waals surface area contributed by atoms with Crippen LogP contribution in [0.3, 0.4) is 0 Å². The topological polar surface area (TPSA) is 152 Å². The van der Waals surface area contributed by atoms with Crippen LogP contribution in [0.2, 0.25) is 0 Å². The van der Waals surface area contributed by atoms with Crippen LogP contribution >= 0.6 is 0 Å². The Hall–Kier alpha value is -4.29. The van der Waals surface area contributed by atoms with E-state index in [0.29, 0.717) is 17.0 Å². The Balaban J connectivity index is 0.000000451. The Labute approximate surface area is 176 Å². The number of rotatable bonds is 4. The van der Waals surface area contributed by atoms with Crippen molar-refractivity contribution in [1.29, 1.82) is 0 Å². The van der Waals surface area contributed by atoms with Gasteiger partial charge in [-0.2, -0.15) is 13.2 Å². The highest BCUT2D eigenvalue weighted by atomic mass is 19.4. The van der Waals surface area contributed by atoms with Crippen molar-refractivity contribution in [2.45, 2.75) is 6.18 Å². The highest BCUT2D eigenvalue weighted by Gasteiger charge is 2.38. The third kappa shape index (κ3) is 4.88. The maximum atomic E-state index is 12.5. The van der Waals surface area contributed by atoms with Gasteiger partial charge in [-0.25, -0.2) is 4.79 Å². The van der Waals surface area contributed by atoms with Gasteiger partial charge in [0.25, 0.3) is 5.69 Å². The van der Waals surface area contributed by atoms with Gasteiger partial charge in [0.15, 0.2) is 17.2 Å². The van der Waals surface area contributed by atoms with Gasteiger partial charge in [-0.1, -0.05) is 12.1 Å². The number of nitro groups is 1. The molecule has 0 amide bonds. The Morgan fingerprint density at radius 2 is 1.66 bits per heavy atom. The maximum Gasteiger partial charge on any atom is 0.490 e. The first-order valence-corrected chi connectivity index (χ1v) is 8.47. The molecule has 3 N–H and O–H groups in total. The number of nitrogens with one attached hydrogen (secondary N) is 1. The summed E-state index contributed by atoms with van der Waals surface area (Å²) in [4.78, 5) is 35.0. The zero-order valence-electron chi connectivity index (χ0n) is 16.4. The van der Waals surface area contributed by atoms with E-state index in [1.54, 1.807) is 6.07 Å². The molecule has 1 aromatic heterocycles. The summed E-state index contributed by atoms with van der Waals surface area (Å²) >= 11 is 0. The molecule has 10 nitrogen and oxygen atoms in total. The van der Waals surface area contributed by atoms with Crippen LogP contribution in [0.25, 0.3) is 22.2 Å². The molecule has 0 saturated carbocycles. The van der Waals surface area contributed by atoms with Crippen LogP contribution in [0.5, 0.6) is 17.2 Å². The molecule has 1 heterocycles. The summed E-state index contributed by atoms with van der Waals surface area (Å²) in [6.07, 6.45) is -5.08. The Morgan fingerprint density at radius 1 is 1.12 bits per heavy atom. The van der Waals surface area contributed by atoms with Crippen molar-refractivity contribution in [3.8, 4) is 28.5 Å². The van der Waals surface area contributed by atoms with Crippen molar-refractivity contribution in [2.75, 3.05) is 14.2 Å². The van der Waals surface area contributed by atoms with E-state index in [4.69, 9.17) is 19.4 Å². The minimum atomic E-state index is -5.08. The smallest absolute Gasteiger partial charge is 0.490 e. The Morgan fingerprint density at radius 3 is 2.16 bits per heavy atom. The number of nitro benzene ring substituents is 1. The second kappa shape index (κ2) is 9.24. The first-order valence-electron chi connectivity index (χ1n) is 8.47. The number of carboxylic acid groups (broad SMARTS) is 1. The highest BCUT2D eigenvalue weighted by Crippen LogP contribution is 2.36. The number of ether oxygens (including phenoxy) is 2. The van der Waals surface area contributed by atoms with E-state index in [0.717, 1.165) is 0 Å².